The number of para-hydroxylation sites is 1. The van der Waals surface area contributed by atoms with Crippen molar-refractivity contribution >= 4 is 32.6 Å². The van der Waals surface area contributed by atoms with Gasteiger partial charge in [0.15, 0.2) is 17.5 Å². The molecule has 9 rings (SSSR count). The van der Waals surface area contributed by atoms with E-state index in [1.54, 1.807) is 0 Å². The van der Waals surface area contributed by atoms with Gasteiger partial charge < -0.3 is 4.57 Å². The number of hydrogen-bond donors (Lipinski definition) is 0. The van der Waals surface area contributed by atoms with Crippen molar-refractivity contribution in [1.82, 2.24) is 19.5 Å². The third-order valence-corrected chi connectivity index (χ3v) is 8.85. The van der Waals surface area contributed by atoms with Gasteiger partial charge in [-0.1, -0.05) is 152 Å². The maximum Gasteiger partial charge on any atom is 0.164 e. The molecule has 0 bridgehead atoms. The van der Waals surface area contributed by atoms with Gasteiger partial charge >= 0.3 is 0 Å². The van der Waals surface area contributed by atoms with E-state index >= 15 is 0 Å². The van der Waals surface area contributed by atoms with Gasteiger partial charge in [0.05, 0.1) is 11.0 Å². The van der Waals surface area contributed by atoms with E-state index < -0.39 is 0 Å². The molecule has 0 aliphatic rings. The Balaban J connectivity index is 1.37. The maximum absolute atomic E-state index is 5.26. The van der Waals surface area contributed by atoms with Gasteiger partial charge in [-0.2, -0.15) is 0 Å². The molecule has 47 heavy (non-hydrogen) atoms. The monoisotopic (exact) mass is 600 g/mol. The van der Waals surface area contributed by atoms with Crippen LogP contribution in [0.2, 0.25) is 0 Å². The van der Waals surface area contributed by atoms with Gasteiger partial charge in [-0.3, -0.25) is 0 Å². The number of fused-ring (bicyclic) bond motifs is 5. The molecule has 7 aromatic carbocycles. The van der Waals surface area contributed by atoms with E-state index in [4.69, 9.17) is 15.0 Å². The third-order valence-electron chi connectivity index (χ3n) is 8.85. The predicted octanol–water partition coefficient (Wildman–Crippen LogP) is 10.8. The van der Waals surface area contributed by atoms with Crippen molar-refractivity contribution in [3.8, 4) is 51.0 Å². The minimum absolute atomic E-state index is 0.641. The summed E-state index contributed by atoms with van der Waals surface area (Å²) in [4.78, 5) is 15.5. The van der Waals surface area contributed by atoms with Crippen LogP contribution in [0.4, 0.5) is 0 Å². The summed E-state index contributed by atoms with van der Waals surface area (Å²) in [7, 11) is 0. The molecular weight excluding hydrogens is 573 g/mol. The van der Waals surface area contributed by atoms with Crippen molar-refractivity contribution in [2.24, 2.45) is 0 Å². The summed E-state index contributed by atoms with van der Waals surface area (Å²) in [5.74, 6) is 1.92. The number of nitrogens with zero attached hydrogens (tertiary/aromatic N) is 4. The van der Waals surface area contributed by atoms with Crippen LogP contribution in [0.1, 0.15) is 0 Å². The summed E-state index contributed by atoms with van der Waals surface area (Å²) in [6, 6.07) is 59.0. The fourth-order valence-electron chi connectivity index (χ4n) is 6.74. The second-order valence-corrected chi connectivity index (χ2v) is 11.6. The highest BCUT2D eigenvalue weighted by Gasteiger charge is 2.21. The quantitative estimate of drug-likeness (QED) is 0.197. The van der Waals surface area contributed by atoms with Crippen LogP contribution in [-0.2, 0) is 0 Å². The summed E-state index contributed by atoms with van der Waals surface area (Å²) in [6.45, 7) is 0. The molecule has 9 aromatic rings. The third kappa shape index (κ3) is 4.58. The van der Waals surface area contributed by atoms with Crippen molar-refractivity contribution in [3.05, 3.63) is 170 Å². The normalized spacial score (nSPS) is 11.4. The minimum Gasteiger partial charge on any atom is -0.309 e. The number of hydrogen-bond acceptors (Lipinski definition) is 3. The summed E-state index contributed by atoms with van der Waals surface area (Å²) >= 11 is 0. The molecule has 2 aromatic heterocycles. The first-order valence-electron chi connectivity index (χ1n) is 15.8. The summed E-state index contributed by atoms with van der Waals surface area (Å²) < 4.78 is 2.38. The summed E-state index contributed by atoms with van der Waals surface area (Å²) in [6.07, 6.45) is 0. The van der Waals surface area contributed by atoms with Gasteiger partial charge in [-0.25, -0.2) is 15.0 Å². The molecule has 0 radical (unpaired) electrons. The van der Waals surface area contributed by atoms with Crippen LogP contribution < -0.4 is 0 Å². The zero-order chi connectivity index (χ0) is 31.2. The lowest BCUT2D eigenvalue weighted by Crippen LogP contribution is -2.01. The molecule has 0 atom stereocenters. The maximum atomic E-state index is 5.26. The van der Waals surface area contributed by atoms with Crippen molar-refractivity contribution in [2.45, 2.75) is 0 Å². The Kier molecular flexibility index (Phi) is 6.43. The first kappa shape index (κ1) is 27.0. The molecule has 220 valence electrons. The zero-order valence-electron chi connectivity index (χ0n) is 25.5. The number of aromatic nitrogens is 4. The van der Waals surface area contributed by atoms with Gasteiger partial charge in [0.25, 0.3) is 0 Å². The molecule has 0 fully saturated rings. The fraction of sp³-hybridized carbons (Fsp3) is 0. The predicted molar refractivity (Wildman–Crippen MR) is 193 cm³/mol. The second-order valence-electron chi connectivity index (χ2n) is 11.6. The van der Waals surface area contributed by atoms with Crippen LogP contribution in [0.25, 0.3) is 83.6 Å². The van der Waals surface area contributed by atoms with E-state index in [9.17, 15) is 0 Å². The first-order valence-corrected chi connectivity index (χ1v) is 15.8. The number of benzene rings is 7. The van der Waals surface area contributed by atoms with Crippen molar-refractivity contribution < 1.29 is 0 Å². The molecule has 2 heterocycles. The SMILES string of the molecule is c1ccc(-c2nc(-c3ccccc3-c3ccccc3)nc(-c3cccc4c3c3ccc5ccccc5c3n4-c3ccccc3)n2)cc1. The van der Waals surface area contributed by atoms with Crippen molar-refractivity contribution in [1.29, 1.82) is 0 Å². The Morgan fingerprint density at radius 3 is 1.70 bits per heavy atom. The molecule has 0 aliphatic heterocycles. The van der Waals surface area contributed by atoms with Crippen LogP contribution in [0.3, 0.4) is 0 Å². The average Bonchev–Trinajstić information content (AvgIpc) is 3.51. The first-order chi connectivity index (χ1) is 23.3. The van der Waals surface area contributed by atoms with E-state index in [1.807, 2.05) is 30.3 Å². The molecule has 4 heteroatoms. The highest BCUT2D eigenvalue weighted by molar-refractivity contribution is 6.22. The Morgan fingerprint density at radius 1 is 0.362 bits per heavy atom. The Morgan fingerprint density at radius 2 is 0.936 bits per heavy atom. The van der Waals surface area contributed by atoms with E-state index in [-0.39, 0.29) is 0 Å². The van der Waals surface area contributed by atoms with Crippen molar-refractivity contribution in [3.63, 3.8) is 0 Å². The lowest BCUT2D eigenvalue weighted by atomic mass is 9.99. The van der Waals surface area contributed by atoms with E-state index in [2.05, 4.69) is 144 Å². The van der Waals surface area contributed by atoms with E-state index in [0.29, 0.717) is 17.5 Å². The molecular formula is C43H28N4. The van der Waals surface area contributed by atoms with E-state index in [0.717, 1.165) is 49.8 Å². The molecule has 0 N–H and O–H groups in total. The standard InChI is InChI=1S/C43H28N4/c1-4-15-29(16-5-1)33-22-12-13-24-35(33)42-44-41(31-18-6-2-7-19-31)45-43(46-42)37-25-14-26-38-39(37)36-28-27-30-17-10-11-23-34(30)40(36)47(38)32-20-8-3-9-21-32/h1-28H. The van der Waals surface area contributed by atoms with Crippen LogP contribution >= 0.6 is 0 Å². The van der Waals surface area contributed by atoms with Crippen LogP contribution in [0.5, 0.6) is 0 Å². The molecule has 4 nitrogen and oxygen atoms in total. The average molecular weight is 601 g/mol. The molecule has 0 saturated carbocycles. The molecule has 0 amide bonds. The second kappa shape index (κ2) is 11.2. The van der Waals surface area contributed by atoms with Gasteiger partial charge in [0.2, 0.25) is 0 Å². The number of rotatable bonds is 5. The van der Waals surface area contributed by atoms with E-state index in [1.165, 1.54) is 16.3 Å². The van der Waals surface area contributed by atoms with Crippen LogP contribution in [-0.4, -0.2) is 19.5 Å². The Labute approximate surface area is 272 Å². The molecule has 0 saturated heterocycles. The largest absolute Gasteiger partial charge is 0.309 e. The van der Waals surface area contributed by atoms with Crippen LogP contribution in [0.15, 0.2) is 170 Å². The van der Waals surface area contributed by atoms with Gasteiger partial charge in [0.1, 0.15) is 0 Å². The van der Waals surface area contributed by atoms with Gasteiger partial charge in [-0.05, 0) is 34.7 Å². The zero-order valence-corrected chi connectivity index (χ0v) is 25.5. The lowest BCUT2D eigenvalue weighted by molar-refractivity contribution is 1.08. The highest BCUT2D eigenvalue weighted by Crippen LogP contribution is 2.41. The summed E-state index contributed by atoms with van der Waals surface area (Å²) in [5.41, 5.74) is 8.45. The Hall–Kier alpha value is -6.39. The van der Waals surface area contributed by atoms with Gasteiger partial charge in [0, 0.05) is 38.5 Å². The topological polar surface area (TPSA) is 43.6 Å². The molecule has 0 spiro atoms. The van der Waals surface area contributed by atoms with Crippen molar-refractivity contribution in [2.75, 3.05) is 0 Å². The summed E-state index contributed by atoms with van der Waals surface area (Å²) in [5, 5.41) is 4.68. The molecule has 0 aliphatic carbocycles. The fourth-order valence-corrected chi connectivity index (χ4v) is 6.74. The highest BCUT2D eigenvalue weighted by atomic mass is 15.0. The smallest absolute Gasteiger partial charge is 0.164 e. The molecule has 0 unspecified atom stereocenters. The van der Waals surface area contributed by atoms with Gasteiger partial charge in [-0.15, -0.1) is 0 Å². The van der Waals surface area contributed by atoms with Crippen LogP contribution in [0, 0.1) is 0 Å². The lowest BCUT2D eigenvalue weighted by Gasteiger charge is -2.13. The Bertz CT molecular complexity index is 2550. The minimum atomic E-state index is 0.641.